The summed E-state index contributed by atoms with van der Waals surface area (Å²) >= 11 is 12.3. The number of carbonyl (C=O) groups is 2. The van der Waals surface area contributed by atoms with E-state index in [-0.39, 0.29) is 38.4 Å². The number of nitrogens with zero attached hydrogens (tertiary/aromatic N) is 1. The van der Waals surface area contributed by atoms with Gasteiger partial charge >= 0.3 is 0 Å². The molecule has 33 heavy (non-hydrogen) atoms. The molecule has 0 saturated carbocycles. The summed E-state index contributed by atoms with van der Waals surface area (Å²) in [5.74, 6) is -4.08. The number of aliphatic hydroxyl groups excluding tert-OH is 1. The first-order valence-corrected chi connectivity index (χ1v) is 10.3. The molecular formula is C23H15Cl2F2NO5. The molecule has 1 N–H and O–H groups in total. The number of furan rings is 1. The van der Waals surface area contributed by atoms with Crippen molar-refractivity contribution in [1.82, 2.24) is 0 Å². The normalized spacial score (nSPS) is 17.6. The number of amides is 1. The fourth-order valence-corrected chi connectivity index (χ4v) is 4.32. The second-order valence-corrected chi connectivity index (χ2v) is 8.00. The van der Waals surface area contributed by atoms with E-state index in [9.17, 15) is 23.5 Å². The molecule has 3 aromatic rings. The Hall–Kier alpha value is -3.36. The molecule has 1 unspecified atom stereocenters. The van der Waals surface area contributed by atoms with Gasteiger partial charge in [-0.15, -0.1) is 0 Å². The lowest BCUT2D eigenvalue weighted by molar-refractivity contribution is -0.132. The second-order valence-electron chi connectivity index (χ2n) is 7.19. The number of aryl methyl sites for hydroxylation is 1. The minimum atomic E-state index is -1.33. The topological polar surface area (TPSA) is 80.0 Å². The maximum absolute atomic E-state index is 14.6. The number of benzene rings is 2. The lowest BCUT2D eigenvalue weighted by Gasteiger charge is -2.24. The van der Waals surface area contributed by atoms with Crippen molar-refractivity contribution >= 4 is 46.3 Å². The average Bonchev–Trinajstić information content (AvgIpc) is 3.29. The van der Waals surface area contributed by atoms with Gasteiger partial charge in [0.1, 0.15) is 35.0 Å². The summed E-state index contributed by atoms with van der Waals surface area (Å²) in [5.41, 5.74) is -0.713. The third-order valence-corrected chi connectivity index (χ3v) is 5.68. The number of hydrogen-bond donors (Lipinski definition) is 1. The third-order valence-electron chi connectivity index (χ3n) is 5.12. The van der Waals surface area contributed by atoms with Gasteiger partial charge < -0.3 is 14.3 Å². The van der Waals surface area contributed by atoms with Gasteiger partial charge in [0.05, 0.1) is 28.4 Å². The first kappa shape index (κ1) is 22.8. The van der Waals surface area contributed by atoms with Crippen molar-refractivity contribution < 1.29 is 32.6 Å². The minimum absolute atomic E-state index is 0.0247. The molecular weight excluding hydrogens is 479 g/mol. The number of carbonyl (C=O) groups excluding carboxylic acids is 2. The zero-order chi connectivity index (χ0) is 24.0. The molecule has 1 aliphatic rings. The zero-order valence-corrected chi connectivity index (χ0v) is 18.7. The van der Waals surface area contributed by atoms with E-state index in [0.29, 0.717) is 11.8 Å². The third kappa shape index (κ3) is 3.85. The van der Waals surface area contributed by atoms with Crippen molar-refractivity contribution in [2.75, 3.05) is 12.0 Å². The summed E-state index contributed by atoms with van der Waals surface area (Å²) in [5, 5.41) is 11.2. The Morgan fingerprint density at radius 3 is 2.30 bits per heavy atom. The molecule has 2 aromatic carbocycles. The maximum atomic E-state index is 14.6. The smallest absolute Gasteiger partial charge is 0.300 e. The van der Waals surface area contributed by atoms with Gasteiger partial charge in [0, 0.05) is 11.6 Å². The molecule has 170 valence electrons. The van der Waals surface area contributed by atoms with E-state index in [1.165, 1.54) is 25.3 Å². The number of anilines is 1. The number of methoxy groups -OCH3 is 1. The highest BCUT2D eigenvalue weighted by atomic mass is 35.5. The molecule has 0 aliphatic carbocycles. The summed E-state index contributed by atoms with van der Waals surface area (Å²) in [7, 11) is 1.36. The van der Waals surface area contributed by atoms with Crippen LogP contribution < -0.4 is 9.64 Å². The van der Waals surface area contributed by atoms with Gasteiger partial charge in [-0.05, 0) is 43.3 Å². The van der Waals surface area contributed by atoms with Crippen LogP contribution in [0.15, 0.2) is 52.5 Å². The molecule has 4 rings (SSSR count). The fraction of sp³-hybridized carbons (Fsp3) is 0.130. The van der Waals surface area contributed by atoms with Crippen molar-refractivity contribution in [3.8, 4) is 5.75 Å². The van der Waals surface area contributed by atoms with E-state index in [4.69, 9.17) is 32.4 Å². The molecule has 0 bridgehead atoms. The largest absolute Gasteiger partial charge is 0.507 e. The molecule has 1 aromatic heterocycles. The second kappa shape index (κ2) is 8.53. The molecule has 1 atom stereocenters. The predicted octanol–water partition coefficient (Wildman–Crippen LogP) is 5.81. The summed E-state index contributed by atoms with van der Waals surface area (Å²) in [6.45, 7) is 1.64. The highest BCUT2D eigenvalue weighted by Gasteiger charge is 2.49. The van der Waals surface area contributed by atoms with Gasteiger partial charge in [0.25, 0.3) is 11.7 Å². The molecule has 10 heteroatoms. The number of hydrogen-bond acceptors (Lipinski definition) is 5. The minimum Gasteiger partial charge on any atom is -0.507 e. The Labute approximate surface area is 196 Å². The summed E-state index contributed by atoms with van der Waals surface area (Å²) < 4.78 is 38.8. The first-order valence-electron chi connectivity index (χ1n) is 9.49. The van der Waals surface area contributed by atoms with E-state index >= 15 is 0 Å². The van der Waals surface area contributed by atoms with Crippen LogP contribution in [0, 0.1) is 18.6 Å². The maximum Gasteiger partial charge on any atom is 0.300 e. The highest BCUT2D eigenvalue weighted by Crippen LogP contribution is 2.44. The Kier molecular flexibility index (Phi) is 5.90. The molecule has 2 heterocycles. The lowest BCUT2D eigenvalue weighted by Crippen LogP contribution is -2.30. The van der Waals surface area contributed by atoms with E-state index in [1.54, 1.807) is 13.0 Å². The Balaban J connectivity index is 1.97. The summed E-state index contributed by atoms with van der Waals surface area (Å²) in [4.78, 5) is 26.8. The van der Waals surface area contributed by atoms with E-state index in [2.05, 4.69) is 0 Å². The van der Waals surface area contributed by atoms with Gasteiger partial charge in [-0.2, -0.15) is 0 Å². The highest BCUT2D eigenvalue weighted by molar-refractivity contribution is 6.51. The number of rotatable bonds is 4. The van der Waals surface area contributed by atoms with Crippen LogP contribution in [0.2, 0.25) is 10.0 Å². The van der Waals surface area contributed by atoms with Crippen LogP contribution in [-0.2, 0) is 9.59 Å². The first-order chi connectivity index (χ1) is 15.6. The van der Waals surface area contributed by atoms with Crippen LogP contribution in [0.25, 0.3) is 5.76 Å². The van der Waals surface area contributed by atoms with Crippen molar-refractivity contribution in [2.45, 2.75) is 13.0 Å². The molecule has 1 fully saturated rings. The monoisotopic (exact) mass is 493 g/mol. The van der Waals surface area contributed by atoms with Gasteiger partial charge in [0.15, 0.2) is 5.75 Å². The number of Topliss-reactive ketones (excluding diaryl/α,β-unsaturated/α-hetero) is 1. The average molecular weight is 494 g/mol. The molecule has 1 aliphatic heterocycles. The Bertz CT molecular complexity index is 1310. The van der Waals surface area contributed by atoms with E-state index in [0.717, 1.165) is 17.0 Å². The summed E-state index contributed by atoms with van der Waals surface area (Å²) in [6.07, 6.45) is 0. The van der Waals surface area contributed by atoms with Crippen LogP contribution in [0.5, 0.6) is 5.75 Å². The van der Waals surface area contributed by atoms with Gasteiger partial charge in [0.2, 0.25) is 0 Å². The van der Waals surface area contributed by atoms with E-state index < -0.39 is 35.1 Å². The number of ketones is 1. The predicted molar refractivity (Wildman–Crippen MR) is 118 cm³/mol. The molecule has 1 saturated heterocycles. The van der Waals surface area contributed by atoms with Crippen molar-refractivity contribution in [3.63, 3.8) is 0 Å². The van der Waals surface area contributed by atoms with Crippen molar-refractivity contribution in [2.24, 2.45) is 0 Å². The van der Waals surface area contributed by atoms with Crippen LogP contribution in [0.3, 0.4) is 0 Å². The number of aliphatic hydroxyl groups is 1. The molecule has 1 amide bonds. The lowest BCUT2D eigenvalue weighted by atomic mass is 9.99. The van der Waals surface area contributed by atoms with E-state index in [1.807, 2.05) is 0 Å². The quantitative estimate of drug-likeness (QED) is 0.282. The summed E-state index contributed by atoms with van der Waals surface area (Å²) in [6, 6.07) is 6.90. The van der Waals surface area contributed by atoms with Crippen molar-refractivity contribution in [3.05, 3.63) is 86.8 Å². The molecule has 0 radical (unpaired) electrons. The Morgan fingerprint density at radius 2 is 1.76 bits per heavy atom. The van der Waals surface area contributed by atoms with Crippen LogP contribution in [-0.4, -0.2) is 23.9 Å². The van der Waals surface area contributed by atoms with Gasteiger partial charge in [-0.25, -0.2) is 8.78 Å². The zero-order valence-electron chi connectivity index (χ0n) is 17.2. The number of ether oxygens (including phenoxy) is 1. The fourth-order valence-electron chi connectivity index (χ4n) is 3.67. The van der Waals surface area contributed by atoms with Gasteiger partial charge in [-0.1, -0.05) is 23.2 Å². The Morgan fingerprint density at radius 1 is 1.09 bits per heavy atom. The number of halogens is 4. The van der Waals surface area contributed by atoms with Crippen LogP contribution >= 0.6 is 23.2 Å². The van der Waals surface area contributed by atoms with Crippen LogP contribution in [0.4, 0.5) is 14.5 Å². The molecule has 6 nitrogen and oxygen atoms in total. The van der Waals surface area contributed by atoms with Gasteiger partial charge in [-0.3, -0.25) is 14.5 Å². The molecule has 0 spiro atoms. The van der Waals surface area contributed by atoms with Crippen molar-refractivity contribution in [1.29, 1.82) is 0 Å². The standard InChI is InChI=1S/C23H15Cl2F2NO5/c1-10-3-6-17(33-10)19-18(20(29)11-7-13(24)22(32-2)14(25)8-11)21(30)23(31)28(19)16-5-4-12(26)9-15(16)27/h3-9,19,29H,1-2H3/b20-18-. The van der Waals surface area contributed by atoms with Crippen LogP contribution in [0.1, 0.15) is 23.1 Å². The SMILES string of the molecule is COc1c(Cl)cc(/C(O)=C2/C(=O)C(=O)N(c3ccc(F)cc3F)C2c2ccc(C)o2)cc1Cl.